The molecule has 0 unspecified atom stereocenters. The fourth-order valence-corrected chi connectivity index (χ4v) is 1.45. The number of nitriles is 1. The molecule has 1 heterocycles. The average Bonchev–Trinajstić information content (AvgIpc) is 2.76. The molecule has 0 aromatic carbocycles. The summed E-state index contributed by atoms with van der Waals surface area (Å²) in [4.78, 5) is 13.4. The largest absolute Gasteiger partial charge is 0.456 e. The Bertz CT molecular complexity index is 390. The summed E-state index contributed by atoms with van der Waals surface area (Å²) in [7, 11) is 0. The Balaban J connectivity index is 2.77. The molecule has 0 fully saturated rings. The van der Waals surface area contributed by atoms with Crippen LogP contribution in [0.15, 0.2) is 16.5 Å². The number of nitrogens with zero attached hydrogens (tertiary/aromatic N) is 2. The maximum atomic E-state index is 11.9. The minimum atomic E-state index is -0.205. The fourth-order valence-electron chi connectivity index (χ4n) is 1.45. The fraction of sp³-hybridized carbons (Fsp3) is 0.500. The third-order valence-corrected chi connectivity index (χ3v) is 2.26. The van der Waals surface area contributed by atoms with Crippen molar-refractivity contribution in [2.24, 2.45) is 0 Å². The van der Waals surface area contributed by atoms with Gasteiger partial charge in [0.2, 0.25) is 0 Å². The first-order valence-corrected chi connectivity index (χ1v) is 5.47. The molecule has 0 aliphatic heterocycles. The summed E-state index contributed by atoms with van der Waals surface area (Å²) >= 11 is 0. The molecule has 0 radical (unpaired) electrons. The number of furan rings is 1. The standard InChI is InChI=1S/C12H16N2O2/c1-3-8-14(9-7-13)12(15)11-6-5-10(4-2)16-11/h5-6H,3-4,8-9H2,1-2H3. The van der Waals surface area contributed by atoms with E-state index < -0.39 is 0 Å². The number of hydrogen-bond acceptors (Lipinski definition) is 3. The Morgan fingerprint density at radius 1 is 1.50 bits per heavy atom. The predicted octanol–water partition coefficient (Wildman–Crippen LogP) is 2.22. The van der Waals surface area contributed by atoms with E-state index >= 15 is 0 Å². The molecule has 0 N–H and O–H groups in total. The van der Waals surface area contributed by atoms with Crippen molar-refractivity contribution in [2.75, 3.05) is 13.1 Å². The van der Waals surface area contributed by atoms with Crippen LogP contribution in [0.2, 0.25) is 0 Å². The molecule has 0 atom stereocenters. The first-order valence-electron chi connectivity index (χ1n) is 5.47. The van der Waals surface area contributed by atoms with Gasteiger partial charge < -0.3 is 9.32 Å². The number of carbonyl (C=O) groups is 1. The molecular formula is C12H16N2O2. The second-order valence-electron chi connectivity index (χ2n) is 3.50. The Morgan fingerprint density at radius 3 is 2.75 bits per heavy atom. The van der Waals surface area contributed by atoms with E-state index in [0.717, 1.165) is 18.6 Å². The van der Waals surface area contributed by atoms with Gasteiger partial charge in [-0.05, 0) is 18.6 Å². The van der Waals surface area contributed by atoms with Gasteiger partial charge in [-0.1, -0.05) is 13.8 Å². The van der Waals surface area contributed by atoms with Crippen LogP contribution in [0.1, 0.15) is 36.6 Å². The smallest absolute Gasteiger partial charge is 0.290 e. The minimum Gasteiger partial charge on any atom is -0.456 e. The highest BCUT2D eigenvalue weighted by molar-refractivity contribution is 5.91. The molecule has 0 bridgehead atoms. The molecule has 16 heavy (non-hydrogen) atoms. The SMILES string of the molecule is CCCN(CC#N)C(=O)c1ccc(CC)o1. The number of rotatable bonds is 5. The summed E-state index contributed by atoms with van der Waals surface area (Å²) in [5.41, 5.74) is 0. The van der Waals surface area contributed by atoms with Crippen molar-refractivity contribution >= 4 is 5.91 Å². The highest BCUT2D eigenvalue weighted by Gasteiger charge is 2.17. The molecule has 4 heteroatoms. The van der Waals surface area contributed by atoms with E-state index in [0.29, 0.717) is 12.3 Å². The molecule has 0 saturated heterocycles. The van der Waals surface area contributed by atoms with Gasteiger partial charge in [-0.15, -0.1) is 0 Å². The van der Waals surface area contributed by atoms with E-state index in [1.54, 1.807) is 12.1 Å². The molecular weight excluding hydrogens is 204 g/mol. The Morgan fingerprint density at radius 2 is 2.25 bits per heavy atom. The second kappa shape index (κ2) is 5.96. The van der Waals surface area contributed by atoms with Crippen LogP contribution in [0.3, 0.4) is 0 Å². The van der Waals surface area contributed by atoms with E-state index in [1.165, 1.54) is 4.90 Å². The molecule has 4 nitrogen and oxygen atoms in total. The van der Waals surface area contributed by atoms with E-state index in [-0.39, 0.29) is 12.5 Å². The highest BCUT2D eigenvalue weighted by atomic mass is 16.4. The molecule has 0 aliphatic carbocycles. The zero-order chi connectivity index (χ0) is 12.0. The first-order chi connectivity index (χ1) is 7.72. The number of aryl methyl sites for hydroxylation is 1. The zero-order valence-electron chi connectivity index (χ0n) is 9.69. The molecule has 0 saturated carbocycles. The molecule has 0 aliphatic rings. The minimum absolute atomic E-state index is 0.106. The third-order valence-electron chi connectivity index (χ3n) is 2.26. The lowest BCUT2D eigenvalue weighted by Crippen LogP contribution is -2.31. The van der Waals surface area contributed by atoms with Gasteiger partial charge in [0, 0.05) is 13.0 Å². The average molecular weight is 220 g/mol. The maximum absolute atomic E-state index is 11.9. The number of carbonyl (C=O) groups excluding carboxylic acids is 1. The van der Waals surface area contributed by atoms with Gasteiger partial charge in [-0.3, -0.25) is 4.79 Å². The topological polar surface area (TPSA) is 57.2 Å². The third kappa shape index (κ3) is 2.86. The van der Waals surface area contributed by atoms with Crippen molar-refractivity contribution in [3.8, 4) is 6.07 Å². The lowest BCUT2D eigenvalue weighted by Gasteiger charge is -2.16. The first kappa shape index (κ1) is 12.3. The van der Waals surface area contributed by atoms with Gasteiger partial charge in [-0.25, -0.2) is 0 Å². The van der Waals surface area contributed by atoms with Gasteiger partial charge >= 0.3 is 0 Å². The van der Waals surface area contributed by atoms with Crippen molar-refractivity contribution in [3.05, 3.63) is 23.7 Å². The maximum Gasteiger partial charge on any atom is 0.290 e. The molecule has 0 spiro atoms. The van der Waals surface area contributed by atoms with Gasteiger partial charge in [0.25, 0.3) is 5.91 Å². The van der Waals surface area contributed by atoms with Crippen LogP contribution in [-0.4, -0.2) is 23.9 Å². The Labute approximate surface area is 95.5 Å². The number of amides is 1. The van der Waals surface area contributed by atoms with Crippen LogP contribution in [0.4, 0.5) is 0 Å². The van der Waals surface area contributed by atoms with Crippen LogP contribution >= 0.6 is 0 Å². The van der Waals surface area contributed by atoms with Crippen LogP contribution in [0, 0.1) is 11.3 Å². The highest BCUT2D eigenvalue weighted by Crippen LogP contribution is 2.11. The Hall–Kier alpha value is -1.76. The van der Waals surface area contributed by atoms with Gasteiger partial charge in [0.15, 0.2) is 5.76 Å². The Kier molecular flexibility index (Phi) is 4.59. The van der Waals surface area contributed by atoms with Crippen molar-refractivity contribution in [1.29, 1.82) is 5.26 Å². The van der Waals surface area contributed by atoms with Crippen molar-refractivity contribution in [2.45, 2.75) is 26.7 Å². The number of hydrogen-bond donors (Lipinski definition) is 0. The molecule has 1 aromatic rings. The van der Waals surface area contributed by atoms with Crippen LogP contribution in [-0.2, 0) is 6.42 Å². The van der Waals surface area contributed by atoms with Crippen LogP contribution in [0.25, 0.3) is 0 Å². The van der Waals surface area contributed by atoms with E-state index in [1.807, 2.05) is 19.9 Å². The normalized spacial score (nSPS) is 9.81. The lowest BCUT2D eigenvalue weighted by atomic mass is 10.3. The van der Waals surface area contributed by atoms with Gasteiger partial charge in [0.1, 0.15) is 12.3 Å². The summed E-state index contributed by atoms with van der Waals surface area (Å²) in [5, 5.41) is 8.64. The predicted molar refractivity (Wildman–Crippen MR) is 59.9 cm³/mol. The van der Waals surface area contributed by atoms with Crippen molar-refractivity contribution in [1.82, 2.24) is 4.90 Å². The molecule has 1 aromatic heterocycles. The molecule has 86 valence electrons. The molecule has 1 amide bonds. The van der Waals surface area contributed by atoms with Crippen molar-refractivity contribution in [3.63, 3.8) is 0 Å². The van der Waals surface area contributed by atoms with E-state index in [9.17, 15) is 4.79 Å². The summed E-state index contributed by atoms with van der Waals surface area (Å²) in [6.45, 7) is 4.62. The van der Waals surface area contributed by atoms with Gasteiger partial charge in [-0.2, -0.15) is 5.26 Å². The summed E-state index contributed by atoms with van der Waals surface area (Å²) in [6.07, 6.45) is 1.59. The molecule has 1 rings (SSSR count). The summed E-state index contributed by atoms with van der Waals surface area (Å²) < 4.78 is 5.37. The van der Waals surface area contributed by atoms with Crippen LogP contribution in [0.5, 0.6) is 0 Å². The zero-order valence-corrected chi connectivity index (χ0v) is 9.69. The summed E-state index contributed by atoms with van der Waals surface area (Å²) in [5.74, 6) is 0.903. The van der Waals surface area contributed by atoms with Gasteiger partial charge in [0.05, 0.1) is 6.07 Å². The summed E-state index contributed by atoms with van der Waals surface area (Å²) in [6, 6.07) is 5.45. The monoisotopic (exact) mass is 220 g/mol. The van der Waals surface area contributed by atoms with E-state index in [2.05, 4.69) is 0 Å². The lowest BCUT2D eigenvalue weighted by molar-refractivity contribution is 0.0742. The quantitative estimate of drug-likeness (QED) is 0.715. The van der Waals surface area contributed by atoms with E-state index in [4.69, 9.17) is 9.68 Å². The van der Waals surface area contributed by atoms with Crippen LogP contribution < -0.4 is 0 Å². The van der Waals surface area contributed by atoms with Crippen molar-refractivity contribution < 1.29 is 9.21 Å². The second-order valence-corrected chi connectivity index (χ2v) is 3.50.